The summed E-state index contributed by atoms with van der Waals surface area (Å²) in [6.07, 6.45) is 3.00. The predicted octanol–water partition coefficient (Wildman–Crippen LogP) is 4.79. The molecule has 1 N–H and O–H groups in total. The largest absolute Gasteiger partial charge is 0.493 e. The van der Waals surface area contributed by atoms with Crippen molar-refractivity contribution >= 4 is 43.5 Å². The molecular weight excluding hydrogens is 622 g/mol. The zero-order valence-electron chi connectivity index (χ0n) is 24.4. The number of carbonyl (C=O) groups is 2. The van der Waals surface area contributed by atoms with Gasteiger partial charge in [0.15, 0.2) is 11.5 Å². The Morgan fingerprint density at radius 1 is 0.929 bits per heavy atom. The Morgan fingerprint density at radius 3 is 2.19 bits per heavy atom. The van der Waals surface area contributed by atoms with Gasteiger partial charge in [0.2, 0.25) is 21.8 Å². The Morgan fingerprint density at radius 2 is 1.60 bits per heavy atom. The topological polar surface area (TPSA) is 105 Å². The Kier molecular flexibility index (Phi) is 12.2. The molecule has 0 fully saturated rings. The number of ether oxygens (including phenoxy) is 2. The number of nitrogens with one attached hydrogen (secondary N) is 1. The third kappa shape index (κ3) is 9.22. The molecule has 1 atom stereocenters. The summed E-state index contributed by atoms with van der Waals surface area (Å²) in [5, 5.41) is 2.97. The van der Waals surface area contributed by atoms with Crippen molar-refractivity contribution in [3.05, 3.63) is 88.4 Å². The summed E-state index contributed by atoms with van der Waals surface area (Å²) in [6, 6.07) is 20.6. The van der Waals surface area contributed by atoms with E-state index in [1.807, 2.05) is 61.5 Å². The van der Waals surface area contributed by atoms with Crippen LogP contribution in [0.5, 0.6) is 11.5 Å². The van der Waals surface area contributed by atoms with Gasteiger partial charge in [-0.2, -0.15) is 0 Å². The molecule has 3 aromatic carbocycles. The lowest BCUT2D eigenvalue weighted by atomic mass is 10.0. The van der Waals surface area contributed by atoms with Crippen molar-refractivity contribution in [2.75, 3.05) is 37.9 Å². The number of hydrogen-bond donors (Lipinski definition) is 1. The van der Waals surface area contributed by atoms with E-state index in [1.165, 1.54) is 25.2 Å². The third-order valence-corrected chi connectivity index (χ3v) is 8.37. The van der Waals surface area contributed by atoms with E-state index in [-0.39, 0.29) is 24.6 Å². The fraction of sp³-hybridized carbons (Fsp3) is 0.355. The number of halogens is 1. The molecule has 0 saturated carbocycles. The number of anilines is 1. The fourth-order valence-electron chi connectivity index (χ4n) is 4.44. The zero-order chi connectivity index (χ0) is 30.7. The highest BCUT2D eigenvalue weighted by Crippen LogP contribution is 2.32. The highest BCUT2D eigenvalue weighted by molar-refractivity contribution is 9.10. The lowest BCUT2D eigenvalue weighted by molar-refractivity contribution is -0.140. The highest BCUT2D eigenvalue weighted by atomic mass is 79.9. The number of rotatable bonds is 15. The fourth-order valence-corrected chi connectivity index (χ4v) is 5.55. The van der Waals surface area contributed by atoms with E-state index in [0.717, 1.165) is 39.0 Å². The van der Waals surface area contributed by atoms with Crippen molar-refractivity contribution in [2.24, 2.45) is 0 Å². The highest BCUT2D eigenvalue weighted by Gasteiger charge is 2.33. The van der Waals surface area contributed by atoms with Crippen LogP contribution in [0.25, 0.3) is 0 Å². The van der Waals surface area contributed by atoms with Gasteiger partial charge in [-0.15, -0.1) is 0 Å². The maximum absolute atomic E-state index is 14.2. The van der Waals surface area contributed by atoms with Crippen molar-refractivity contribution in [2.45, 2.75) is 38.8 Å². The van der Waals surface area contributed by atoms with E-state index < -0.39 is 28.5 Å². The number of sulfonamides is 1. The molecule has 2 amide bonds. The molecule has 0 aliphatic rings. The van der Waals surface area contributed by atoms with Gasteiger partial charge in [0, 0.05) is 30.0 Å². The Bertz CT molecular complexity index is 1430. The summed E-state index contributed by atoms with van der Waals surface area (Å²) in [4.78, 5) is 29.3. The van der Waals surface area contributed by atoms with Crippen molar-refractivity contribution in [3.8, 4) is 11.5 Å². The summed E-state index contributed by atoms with van der Waals surface area (Å²) in [5.74, 6) is -0.0795. The van der Waals surface area contributed by atoms with Gasteiger partial charge < -0.3 is 19.7 Å². The minimum Gasteiger partial charge on any atom is -0.493 e. The van der Waals surface area contributed by atoms with E-state index in [2.05, 4.69) is 21.2 Å². The smallest absolute Gasteiger partial charge is 0.244 e. The molecule has 11 heteroatoms. The van der Waals surface area contributed by atoms with Gasteiger partial charge in [0.05, 0.1) is 26.2 Å². The van der Waals surface area contributed by atoms with Gasteiger partial charge in [-0.3, -0.25) is 13.9 Å². The third-order valence-electron chi connectivity index (χ3n) is 6.70. The van der Waals surface area contributed by atoms with Gasteiger partial charge in [0.1, 0.15) is 12.6 Å². The molecular formula is C31H38BrN3O6S. The number of benzene rings is 3. The molecule has 3 aromatic rings. The van der Waals surface area contributed by atoms with Crippen LogP contribution in [-0.2, 0) is 32.6 Å². The standard InChI is InChI=1S/C31H38BrN3O6S/c1-5-6-18-33-31(37)27(19-23-10-8-7-9-11-23)34(21-24-12-14-25(32)15-13-24)30(36)22-35(42(4,38)39)26-16-17-28(40-2)29(20-26)41-3/h7-17,20,27H,5-6,18-19,21-22H2,1-4H3,(H,33,37)/t27-/m0/s1. The first-order valence-corrected chi connectivity index (χ1v) is 16.3. The first-order chi connectivity index (χ1) is 20.1. The number of methoxy groups -OCH3 is 2. The number of amides is 2. The number of hydrogen-bond acceptors (Lipinski definition) is 6. The Labute approximate surface area is 257 Å². The van der Waals surface area contributed by atoms with E-state index in [4.69, 9.17) is 9.47 Å². The lowest BCUT2D eigenvalue weighted by Crippen LogP contribution is -2.53. The Hall–Kier alpha value is -3.57. The average molecular weight is 661 g/mol. The van der Waals surface area contributed by atoms with Crippen molar-refractivity contribution in [3.63, 3.8) is 0 Å². The monoisotopic (exact) mass is 659 g/mol. The molecule has 3 rings (SSSR count). The van der Waals surface area contributed by atoms with E-state index in [0.29, 0.717) is 18.0 Å². The molecule has 0 aliphatic heterocycles. The number of nitrogens with zero attached hydrogens (tertiary/aromatic N) is 2. The van der Waals surface area contributed by atoms with Crippen LogP contribution in [0, 0.1) is 0 Å². The van der Waals surface area contributed by atoms with Crippen LogP contribution in [0.2, 0.25) is 0 Å². The molecule has 0 saturated heterocycles. The summed E-state index contributed by atoms with van der Waals surface area (Å²) in [7, 11) is -0.982. The molecule has 0 bridgehead atoms. The molecule has 9 nitrogen and oxygen atoms in total. The molecule has 42 heavy (non-hydrogen) atoms. The van der Waals surface area contributed by atoms with Crippen LogP contribution >= 0.6 is 15.9 Å². The summed E-state index contributed by atoms with van der Waals surface area (Å²) in [5.41, 5.74) is 1.91. The SMILES string of the molecule is CCCCNC(=O)[C@H](Cc1ccccc1)N(Cc1ccc(Br)cc1)C(=O)CN(c1ccc(OC)c(OC)c1)S(C)(=O)=O. The molecule has 226 valence electrons. The minimum absolute atomic E-state index is 0.106. The van der Waals surface area contributed by atoms with E-state index in [1.54, 1.807) is 12.1 Å². The quantitative estimate of drug-likeness (QED) is 0.235. The zero-order valence-corrected chi connectivity index (χ0v) is 26.8. The summed E-state index contributed by atoms with van der Waals surface area (Å²) in [6.45, 7) is 2.10. The predicted molar refractivity (Wildman–Crippen MR) is 168 cm³/mol. The molecule has 0 spiro atoms. The number of carbonyl (C=O) groups excluding carboxylic acids is 2. The summed E-state index contributed by atoms with van der Waals surface area (Å²) < 4.78 is 38.6. The minimum atomic E-state index is -3.91. The van der Waals surface area contributed by atoms with Gasteiger partial charge in [-0.05, 0) is 41.8 Å². The van der Waals surface area contributed by atoms with Gasteiger partial charge in [-0.1, -0.05) is 71.7 Å². The molecule has 0 heterocycles. The van der Waals surface area contributed by atoms with E-state index in [9.17, 15) is 18.0 Å². The summed E-state index contributed by atoms with van der Waals surface area (Å²) >= 11 is 3.44. The molecule has 0 aromatic heterocycles. The average Bonchev–Trinajstić information content (AvgIpc) is 2.98. The first-order valence-electron chi connectivity index (χ1n) is 13.6. The molecule has 0 aliphatic carbocycles. The second-order valence-electron chi connectivity index (χ2n) is 9.81. The van der Waals surface area contributed by atoms with Gasteiger partial charge in [-0.25, -0.2) is 8.42 Å². The first kappa shape index (κ1) is 32.9. The number of unbranched alkanes of at least 4 members (excludes halogenated alkanes) is 1. The maximum Gasteiger partial charge on any atom is 0.244 e. The lowest BCUT2D eigenvalue weighted by Gasteiger charge is -2.33. The molecule has 0 unspecified atom stereocenters. The normalized spacial score (nSPS) is 11.8. The van der Waals surface area contributed by atoms with Crippen LogP contribution < -0.4 is 19.1 Å². The van der Waals surface area contributed by atoms with Crippen LogP contribution in [0.15, 0.2) is 77.3 Å². The van der Waals surface area contributed by atoms with Crippen LogP contribution in [0.1, 0.15) is 30.9 Å². The molecule has 0 radical (unpaired) electrons. The van der Waals surface area contributed by atoms with Gasteiger partial charge >= 0.3 is 0 Å². The van der Waals surface area contributed by atoms with Gasteiger partial charge in [0.25, 0.3) is 0 Å². The van der Waals surface area contributed by atoms with Crippen LogP contribution in [0.4, 0.5) is 5.69 Å². The van der Waals surface area contributed by atoms with Crippen molar-refractivity contribution in [1.29, 1.82) is 0 Å². The van der Waals surface area contributed by atoms with Crippen molar-refractivity contribution < 1.29 is 27.5 Å². The van der Waals surface area contributed by atoms with Crippen LogP contribution in [-0.4, -0.2) is 64.7 Å². The second-order valence-corrected chi connectivity index (χ2v) is 12.6. The Balaban J connectivity index is 2.05. The second kappa shape index (κ2) is 15.6. The van der Waals surface area contributed by atoms with Crippen LogP contribution in [0.3, 0.4) is 0 Å². The van der Waals surface area contributed by atoms with E-state index >= 15 is 0 Å². The maximum atomic E-state index is 14.2. The van der Waals surface area contributed by atoms with Crippen molar-refractivity contribution in [1.82, 2.24) is 10.2 Å².